The molecule has 0 saturated carbocycles. The van der Waals surface area contributed by atoms with Crippen molar-refractivity contribution in [3.8, 4) is 0 Å². The summed E-state index contributed by atoms with van der Waals surface area (Å²) in [5.41, 5.74) is 2.43. The zero-order valence-electron chi connectivity index (χ0n) is 15.6. The summed E-state index contributed by atoms with van der Waals surface area (Å²) < 4.78 is 24.2. The van der Waals surface area contributed by atoms with Gasteiger partial charge in [0.2, 0.25) is 5.91 Å². The molecule has 2 fully saturated rings. The molecule has 0 aliphatic carbocycles. The predicted octanol–water partition coefficient (Wildman–Crippen LogP) is 1.06. The third-order valence-electron chi connectivity index (χ3n) is 5.46. The normalized spacial score (nSPS) is 22.3. The van der Waals surface area contributed by atoms with Crippen molar-refractivity contribution in [3.05, 3.63) is 35.4 Å². The van der Waals surface area contributed by atoms with Crippen molar-refractivity contribution in [1.82, 2.24) is 14.5 Å². The van der Waals surface area contributed by atoms with Crippen molar-refractivity contribution in [2.24, 2.45) is 11.1 Å². The van der Waals surface area contributed by atoms with Crippen LogP contribution in [-0.4, -0.2) is 56.3 Å². The molecule has 2 aliphatic rings. The van der Waals surface area contributed by atoms with Crippen LogP contribution in [0.15, 0.2) is 24.3 Å². The van der Waals surface area contributed by atoms with Gasteiger partial charge >= 0.3 is 0 Å². The molecule has 2 heterocycles. The van der Waals surface area contributed by atoms with Crippen LogP contribution in [0.4, 0.5) is 0 Å². The SMILES string of the molecule is CCc1ccc(C2CNCCN2C(=O)C2CCN(S(N)(=O)=O)CC2)cc1.Cl. The number of hydrogen-bond acceptors (Lipinski definition) is 4. The van der Waals surface area contributed by atoms with Crippen LogP contribution in [0, 0.1) is 5.92 Å². The zero-order valence-corrected chi connectivity index (χ0v) is 17.3. The van der Waals surface area contributed by atoms with Crippen molar-refractivity contribution < 1.29 is 13.2 Å². The lowest BCUT2D eigenvalue weighted by Gasteiger charge is -2.40. The number of carbonyl (C=O) groups excluding carboxylic acids is 1. The number of nitrogens with one attached hydrogen (secondary N) is 1. The van der Waals surface area contributed by atoms with Gasteiger partial charge in [-0.25, -0.2) is 5.14 Å². The van der Waals surface area contributed by atoms with E-state index < -0.39 is 10.2 Å². The Bertz CT molecular complexity index is 733. The van der Waals surface area contributed by atoms with Gasteiger partial charge in [-0.05, 0) is 30.4 Å². The van der Waals surface area contributed by atoms with Crippen LogP contribution in [0.3, 0.4) is 0 Å². The number of amides is 1. The van der Waals surface area contributed by atoms with Crippen LogP contribution in [0.2, 0.25) is 0 Å². The molecule has 7 nitrogen and oxygen atoms in total. The van der Waals surface area contributed by atoms with Gasteiger partial charge in [0, 0.05) is 38.6 Å². The van der Waals surface area contributed by atoms with E-state index >= 15 is 0 Å². The summed E-state index contributed by atoms with van der Waals surface area (Å²) in [6.07, 6.45) is 2.05. The van der Waals surface area contributed by atoms with Gasteiger partial charge in [0.05, 0.1) is 6.04 Å². The molecule has 1 unspecified atom stereocenters. The van der Waals surface area contributed by atoms with Gasteiger partial charge in [-0.3, -0.25) is 4.79 Å². The molecule has 1 atom stereocenters. The van der Waals surface area contributed by atoms with Crippen LogP contribution in [0.25, 0.3) is 0 Å². The van der Waals surface area contributed by atoms with E-state index in [1.165, 1.54) is 9.87 Å². The molecule has 2 saturated heterocycles. The lowest BCUT2D eigenvalue weighted by Crippen LogP contribution is -2.52. The van der Waals surface area contributed by atoms with Gasteiger partial charge in [0.1, 0.15) is 0 Å². The van der Waals surface area contributed by atoms with E-state index in [4.69, 9.17) is 5.14 Å². The molecule has 9 heteroatoms. The number of piperidine rings is 1. The van der Waals surface area contributed by atoms with Gasteiger partial charge in [-0.1, -0.05) is 31.2 Å². The number of halogens is 1. The molecule has 1 amide bonds. The average molecular weight is 417 g/mol. The third kappa shape index (κ3) is 5.20. The van der Waals surface area contributed by atoms with Crippen LogP contribution in [0.5, 0.6) is 0 Å². The van der Waals surface area contributed by atoms with Crippen LogP contribution in [-0.2, 0) is 21.4 Å². The molecule has 3 rings (SSSR count). The van der Waals surface area contributed by atoms with Crippen molar-refractivity contribution in [2.75, 3.05) is 32.7 Å². The number of carbonyl (C=O) groups is 1. The van der Waals surface area contributed by atoms with E-state index in [2.05, 4.69) is 36.5 Å². The molecule has 1 aromatic rings. The molecular formula is C18H29ClN4O3S. The molecule has 0 radical (unpaired) electrons. The number of rotatable bonds is 4. The van der Waals surface area contributed by atoms with Crippen LogP contribution in [0.1, 0.15) is 36.9 Å². The summed E-state index contributed by atoms with van der Waals surface area (Å²) in [6, 6.07) is 8.49. The van der Waals surface area contributed by atoms with E-state index in [9.17, 15) is 13.2 Å². The Balaban J connectivity index is 0.00000261. The fourth-order valence-electron chi connectivity index (χ4n) is 3.83. The van der Waals surface area contributed by atoms with Crippen molar-refractivity contribution in [2.45, 2.75) is 32.2 Å². The summed E-state index contributed by atoms with van der Waals surface area (Å²) in [5.74, 6) is -0.00588. The minimum absolute atomic E-state index is 0. The number of nitrogens with zero attached hydrogens (tertiary/aromatic N) is 2. The Kier molecular flexibility index (Phi) is 7.64. The largest absolute Gasteiger partial charge is 0.333 e. The highest BCUT2D eigenvalue weighted by atomic mass is 35.5. The zero-order chi connectivity index (χ0) is 18.7. The van der Waals surface area contributed by atoms with Crippen molar-refractivity contribution >= 4 is 28.5 Å². The maximum absolute atomic E-state index is 13.1. The number of aryl methyl sites for hydroxylation is 1. The van der Waals surface area contributed by atoms with E-state index in [0.29, 0.717) is 32.5 Å². The fourth-order valence-corrected chi connectivity index (χ4v) is 4.55. The maximum atomic E-state index is 13.1. The van der Waals surface area contributed by atoms with Crippen LogP contribution < -0.4 is 10.5 Å². The number of benzene rings is 1. The van der Waals surface area contributed by atoms with Gasteiger partial charge in [0.15, 0.2) is 0 Å². The second-order valence-corrected chi connectivity index (χ2v) is 8.61. The first-order valence-electron chi connectivity index (χ1n) is 9.28. The number of piperazine rings is 1. The highest BCUT2D eigenvalue weighted by Crippen LogP contribution is 2.28. The molecule has 0 aromatic heterocycles. The van der Waals surface area contributed by atoms with Gasteiger partial charge in [0.25, 0.3) is 10.2 Å². The average Bonchev–Trinajstić information content (AvgIpc) is 2.67. The Morgan fingerprint density at radius 2 is 1.81 bits per heavy atom. The Labute approximate surface area is 167 Å². The first-order valence-corrected chi connectivity index (χ1v) is 10.8. The second-order valence-electron chi connectivity index (χ2n) is 7.06. The molecule has 2 aliphatic heterocycles. The number of nitrogens with two attached hydrogens (primary N) is 1. The Morgan fingerprint density at radius 3 is 2.37 bits per heavy atom. The monoisotopic (exact) mass is 416 g/mol. The Hall–Kier alpha value is -1.19. The molecule has 3 N–H and O–H groups in total. The van der Waals surface area contributed by atoms with Gasteiger partial charge < -0.3 is 10.2 Å². The highest BCUT2D eigenvalue weighted by Gasteiger charge is 2.35. The molecule has 1 aromatic carbocycles. The minimum Gasteiger partial charge on any atom is -0.333 e. The van der Waals surface area contributed by atoms with Crippen LogP contribution >= 0.6 is 12.4 Å². The van der Waals surface area contributed by atoms with Gasteiger partial charge in [-0.15, -0.1) is 12.4 Å². The molecular weight excluding hydrogens is 388 g/mol. The first kappa shape index (κ1) is 22.1. The third-order valence-corrected chi connectivity index (χ3v) is 6.55. The van der Waals surface area contributed by atoms with E-state index in [-0.39, 0.29) is 30.3 Å². The standard InChI is InChI=1S/C18H28N4O3S.ClH/c1-2-14-3-5-15(6-4-14)17-13-20-9-12-22(17)18(23)16-7-10-21(11-8-16)26(19,24)25;/h3-6,16-17,20H,2,7-13H2,1H3,(H2,19,24,25);1H. The molecule has 27 heavy (non-hydrogen) atoms. The molecule has 0 spiro atoms. The Morgan fingerprint density at radius 1 is 1.19 bits per heavy atom. The summed E-state index contributed by atoms with van der Waals surface area (Å²) in [5, 5.41) is 8.57. The topological polar surface area (TPSA) is 95.7 Å². The lowest BCUT2D eigenvalue weighted by atomic mass is 9.93. The fraction of sp³-hybridized carbons (Fsp3) is 0.611. The summed E-state index contributed by atoms with van der Waals surface area (Å²) in [6.45, 7) is 4.96. The summed E-state index contributed by atoms with van der Waals surface area (Å²) in [7, 11) is -3.66. The summed E-state index contributed by atoms with van der Waals surface area (Å²) >= 11 is 0. The molecule has 152 valence electrons. The quantitative estimate of drug-likeness (QED) is 0.767. The predicted molar refractivity (Wildman–Crippen MR) is 108 cm³/mol. The second kappa shape index (κ2) is 9.34. The smallest absolute Gasteiger partial charge is 0.276 e. The summed E-state index contributed by atoms with van der Waals surface area (Å²) in [4.78, 5) is 15.1. The van der Waals surface area contributed by atoms with E-state index in [0.717, 1.165) is 25.1 Å². The van der Waals surface area contributed by atoms with E-state index in [1.54, 1.807) is 0 Å². The molecule has 0 bridgehead atoms. The lowest BCUT2D eigenvalue weighted by molar-refractivity contribution is -0.140. The van der Waals surface area contributed by atoms with Crippen molar-refractivity contribution in [1.29, 1.82) is 0 Å². The maximum Gasteiger partial charge on any atom is 0.276 e. The first-order chi connectivity index (χ1) is 12.4. The minimum atomic E-state index is -3.66. The number of hydrogen-bond donors (Lipinski definition) is 2. The van der Waals surface area contributed by atoms with Gasteiger partial charge in [-0.2, -0.15) is 12.7 Å². The van der Waals surface area contributed by atoms with Crippen molar-refractivity contribution in [3.63, 3.8) is 0 Å². The highest BCUT2D eigenvalue weighted by molar-refractivity contribution is 7.86. The van der Waals surface area contributed by atoms with E-state index in [1.807, 2.05) is 4.90 Å².